The van der Waals surface area contributed by atoms with Gasteiger partial charge in [0.25, 0.3) is 15.9 Å². The van der Waals surface area contributed by atoms with Gasteiger partial charge in [0.05, 0.1) is 16.9 Å². The van der Waals surface area contributed by atoms with Gasteiger partial charge in [-0.15, -0.1) is 0 Å². The zero-order chi connectivity index (χ0) is 20.1. The Hall–Kier alpha value is -3.10. The van der Waals surface area contributed by atoms with E-state index in [0.29, 0.717) is 22.0 Å². The number of nitrogens with zero attached hydrogens (tertiary/aromatic N) is 1. The highest BCUT2D eigenvalue weighted by Gasteiger charge is 2.13. The lowest BCUT2D eigenvalue weighted by Crippen LogP contribution is -2.20. The Labute approximate surface area is 167 Å². The molecule has 0 saturated heterocycles. The van der Waals surface area contributed by atoms with Crippen molar-refractivity contribution in [2.24, 2.45) is 5.10 Å². The van der Waals surface area contributed by atoms with E-state index in [1.165, 1.54) is 30.5 Å². The van der Waals surface area contributed by atoms with E-state index in [1.807, 2.05) is 0 Å². The monoisotopic (exact) mass is 417 g/mol. The van der Waals surface area contributed by atoms with Crippen molar-refractivity contribution in [2.45, 2.75) is 11.8 Å². The summed E-state index contributed by atoms with van der Waals surface area (Å²) in [5.74, 6) is -0.202. The van der Waals surface area contributed by atoms with Gasteiger partial charge >= 0.3 is 0 Å². The summed E-state index contributed by atoms with van der Waals surface area (Å²) in [6.45, 7) is 1.65. The molecule has 0 saturated carbocycles. The van der Waals surface area contributed by atoms with Gasteiger partial charge < -0.3 is 9.73 Å². The lowest BCUT2D eigenvalue weighted by Gasteiger charge is -2.08. The molecule has 0 radical (unpaired) electrons. The summed E-state index contributed by atoms with van der Waals surface area (Å²) in [6.07, 6.45) is 1.41. The van der Waals surface area contributed by atoms with Crippen LogP contribution in [0.3, 0.4) is 0 Å². The van der Waals surface area contributed by atoms with Crippen LogP contribution in [-0.4, -0.2) is 20.0 Å². The SMILES string of the molecule is CC(=NNS(=O)(=O)c1ccc(Cl)cc1)c1cccc(NC(=O)c2ccco2)c1. The molecular weight excluding hydrogens is 402 g/mol. The van der Waals surface area contributed by atoms with Crippen LogP contribution in [-0.2, 0) is 10.0 Å². The molecule has 0 fully saturated rings. The largest absolute Gasteiger partial charge is 0.459 e. The van der Waals surface area contributed by atoms with Crippen LogP contribution in [0.15, 0.2) is 81.3 Å². The Morgan fingerprint density at radius 2 is 1.82 bits per heavy atom. The number of halogens is 1. The van der Waals surface area contributed by atoms with Crippen LogP contribution in [0.1, 0.15) is 23.0 Å². The molecule has 1 aromatic heterocycles. The topological polar surface area (TPSA) is 101 Å². The van der Waals surface area contributed by atoms with E-state index in [1.54, 1.807) is 43.3 Å². The number of hydrogen-bond acceptors (Lipinski definition) is 5. The van der Waals surface area contributed by atoms with Gasteiger partial charge in [-0.05, 0) is 61.0 Å². The van der Waals surface area contributed by atoms with Gasteiger partial charge in [0.1, 0.15) is 0 Å². The van der Waals surface area contributed by atoms with Crippen LogP contribution in [0, 0.1) is 0 Å². The highest BCUT2D eigenvalue weighted by atomic mass is 35.5. The Morgan fingerprint density at radius 1 is 1.07 bits per heavy atom. The number of hydrazone groups is 1. The van der Waals surface area contributed by atoms with Gasteiger partial charge in [0, 0.05) is 10.7 Å². The normalized spacial score (nSPS) is 11.9. The van der Waals surface area contributed by atoms with Crippen LogP contribution in [0.25, 0.3) is 0 Å². The van der Waals surface area contributed by atoms with Crippen molar-refractivity contribution in [3.8, 4) is 0 Å². The average Bonchev–Trinajstić information content (AvgIpc) is 3.22. The number of amides is 1. The Balaban J connectivity index is 1.74. The fraction of sp³-hybridized carbons (Fsp3) is 0.0526. The minimum Gasteiger partial charge on any atom is -0.459 e. The summed E-state index contributed by atoms with van der Waals surface area (Å²) in [7, 11) is -3.82. The van der Waals surface area contributed by atoms with E-state index in [-0.39, 0.29) is 16.6 Å². The Kier molecular flexibility index (Phi) is 5.81. The molecule has 7 nitrogen and oxygen atoms in total. The molecular formula is C19H16ClN3O4S. The highest BCUT2D eigenvalue weighted by Crippen LogP contribution is 2.15. The number of nitrogens with one attached hydrogen (secondary N) is 2. The first-order chi connectivity index (χ1) is 13.3. The third kappa shape index (κ3) is 4.79. The zero-order valence-electron chi connectivity index (χ0n) is 14.7. The van der Waals surface area contributed by atoms with Gasteiger partial charge in [-0.25, -0.2) is 0 Å². The second kappa shape index (κ2) is 8.28. The van der Waals surface area contributed by atoms with Gasteiger partial charge in [0.2, 0.25) is 0 Å². The molecule has 0 bridgehead atoms. The number of hydrogen-bond donors (Lipinski definition) is 2. The quantitative estimate of drug-likeness (QED) is 0.469. The van der Waals surface area contributed by atoms with E-state index in [9.17, 15) is 13.2 Å². The van der Waals surface area contributed by atoms with Crippen LogP contribution < -0.4 is 10.1 Å². The van der Waals surface area contributed by atoms with E-state index < -0.39 is 10.0 Å². The molecule has 0 aliphatic carbocycles. The van der Waals surface area contributed by atoms with Crippen molar-refractivity contribution in [3.05, 3.63) is 83.3 Å². The predicted octanol–water partition coefficient (Wildman–Crippen LogP) is 3.89. The van der Waals surface area contributed by atoms with Crippen molar-refractivity contribution < 1.29 is 17.6 Å². The summed E-state index contributed by atoms with van der Waals surface area (Å²) in [5, 5.41) is 7.09. The molecule has 3 rings (SSSR count). The second-order valence-corrected chi connectivity index (χ2v) is 7.86. The molecule has 1 amide bonds. The third-order valence-electron chi connectivity index (χ3n) is 3.74. The standard InChI is InChI=1S/C19H16ClN3O4S/c1-13(22-23-28(25,26)17-9-7-15(20)8-10-17)14-4-2-5-16(12-14)21-19(24)18-6-3-11-27-18/h2-12,23H,1H3,(H,21,24). The van der Waals surface area contributed by atoms with Gasteiger partial charge in [-0.2, -0.15) is 18.4 Å². The maximum absolute atomic E-state index is 12.3. The van der Waals surface area contributed by atoms with E-state index in [4.69, 9.17) is 16.0 Å². The minimum atomic E-state index is -3.82. The molecule has 28 heavy (non-hydrogen) atoms. The van der Waals surface area contributed by atoms with Crippen LogP contribution >= 0.6 is 11.6 Å². The first-order valence-electron chi connectivity index (χ1n) is 8.12. The molecule has 0 spiro atoms. The van der Waals surface area contributed by atoms with Crippen molar-refractivity contribution >= 4 is 38.9 Å². The van der Waals surface area contributed by atoms with Crippen LogP contribution in [0.4, 0.5) is 5.69 Å². The summed E-state index contributed by atoms with van der Waals surface area (Å²) in [6, 6.07) is 15.8. The molecule has 2 N–H and O–H groups in total. The fourth-order valence-electron chi connectivity index (χ4n) is 2.28. The van der Waals surface area contributed by atoms with Crippen molar-refractivity contribution in [1.82, 2.24) is 4.83 Å². The average molecular weight is 418 g/mol. The number of benzene rings is 2. The molecule has 3 aromatic rings. The smallest absolute Gasteiger partial charge is 0.291 e. The first-order valence-corrected chi connectivity index (χ1v) is 9.98. The molecule has 2 aromatic carbocycles. The highest BCUT2D eigenvalue weighted by molar-refractivity contribution is 7.89. The number of carbonyl (C=O) groups excluding carboxylic acids is 1. The summed E-state index contributed by atoms with van der Waals surface area (Å²) in [5.41, 5.74) is 1.58. The molecule has 0 atom stereocenters. The first kappa shape index (κ1) is 19.7. The third-order valence-corrected chi connectivity index (χ3v) is 5.22. The fourth-order valence-corrected chi connectivity index (χ4v) is 3.26. The molecule has 144 valence electrons. The molecule has 0 aliphatic heterocycles. The van der Waals surface area contributed by atoms with E-state index >= 15 is 0 Å². The lowest BCUT2D eigenvalue weighted by molar-refractivity contribution is 0.0996. The number of rotatable bonds is 6. The Bertz CT molecular complexity index is 1110. The molecule has 0 unspecified atom stereocenters. The summed E-state index contributed by atoms with van der Waals surface area (Å²) in [4.78, 5) is 14.3. The number of sulfonamides is 1. The molecule has 1 heterocycles. The lowest BCUT2D eigenvalue weighted by atomic mass is 10.1. The second-order valence-electron chi connectivity index (χ2n) is 5.76. The Morgan fingerprint density at radius 3 is 2.50 bits per heavy atom. The maximum atomic E-state index is 12.3. The summed E-state index contributed by atoms with van der Waals surface area (Å²) >= 11 is 5.77. The maximum Gasteiger partial charge on any atom is 0.291 e. The van der Waals surface area contributed by atoms with Crippen molar-refractivity contribution in [3.63, 3.8) is 0 Å². The van der Waals surface area contributed by atoms with Crippen molar-refractivity contribution in [2.75, 3.05) is 5.32 Å². The minimum absolute atomic E-state index is 0.0490. The van der Waals surface area contributed by atoms with Gasteiger partial charge in [-0.3, -0.25) is 4.79 Å². The number of furan rings is 1. The van der Waals surface area contributed by atoms with Crippen molar-refractivity contribution in [1.29, 1.82) is 0 Å². The zero-order valence-corrected chi connectivity index (χ0v) is 16.3. The van der Waals surface area contributed by atoms with Gasteiger partial charge in [0.15, 0.2) is 5.76 Å². The predicted molar refractivity (Wildman–Crippen MR) is 107 cm³/mol. The molecule has 0 aliphatic rings. The number of anilines is 1. The summed E-state index contributed by atoms with van der Waals surface area (Å²) < 4.78 is 29.6. The van der Waals surface area contributed by atoms with E-state index in [2.05, 4.69) is 15.2 Å². The number of carbonyl (C=O) groups is 1. The van der Waals surface area contributed by atoms with Gasteiger partial charge in [-0.1, -0.05) is 23.7 Å². The van der Waals surface area contributed by atoms with Crippen LogP contribution in [0.5, 0.6) is 0 Å². The van der Waals surface area contributed by atoms with E-state index in [0.717, 1.165) is 0 Å². The molecule has 9 heteroatoms. The van der Waals surface area contributed by atoms with Crippen LogP contribution in [0.2, 0.25) is 5.02 Å².